The van der Waals surface area contributed by atoms with E-state index in [1.807, 2.05) is 0 Å². The zero-order valence-corrected chi connectivity index (χ0v) is 20.4. The number of carbonyl (C=O) groups excluding carboxylic acids is 2. The molecule has 0 heterocycles. The number of benzene rings is 2. The Morgan fingerprint density at radius 3 is 2.44 bits per heavy atom. The number of non-ortho nitro benzene ring substituents is 1. The van der Waals surface area contributed by atoms with Gasteiger partial charge in [0.25, 0.3) is 11.6 Å². The van der Waals surface area contributed by atoms with Crippen LogP contribution in [0.25, 0.3) is 0 Å². The molecule has 0 aliphatic rings. The van der Waals surface area contributed by atoms with E-state index in [0.717, 1.165) is 6.07 Å². The van der Waals surface area contributed by atoms with Gasteiger partial charge in [-0.3, -0.25) is 14.9 Å². The summed E-state index contributed by atoms with van der Waals surface area (Å²) >= 11 is 12.1. The Hall–Kier alpha value is -3.08. The lowest BCUT2D eigenvalue weighted by atomic mass is 10.1. The Bertz CT molecular complexity index is 1040. The molecule has 0 bridgehead atoms. The van der Waals surface area contributed by atoms with Crippen molar-refractivity contribution in [1.29, 1.82) is 0 Å². The van der Waals surface area contributed by atoms with Crippen LogP contribution in [-0.2, 0) is 9.47 Å². The summed E-state index contributed by atoms with van der Waals surface area (Å²) < 4.78 is 16.2. The molecule has 184 valence electrons. The third-order valence-corrected chi connectivity index (χ3v) is 4.55. The zero-order valence-electron chi connectivity index (χ0n) is 18.9. The fourth-order valence-electron chi connectivity index (χ4n) is 2.57. The normalized spacial score (nSPS) is 11.0. The zero-order chi connectivity index (χ0) is 25.3. The summed E-state index contributed by atoms with van der Waals surface area (Å²) in [6.45, 7) is 6.15. The van der Waals surface area contributed by atoms with E-state index in [1.165, 1.54) is 18.2 Å². The molecule has 0 saturated heterocycles. The largest absolute Gasteiger partial charge is 0.490 e. The lowest BCUT2D eigenvalue weighted by molar-refractivity contribution is -0.384. The van der Waals surface area contributed by atoms with Gasteiger partial charge in [0, 0.05) is 23.7 Å². The summed E-state index contributed by atoms with van der Waals surface area (Å²) in [5, 5.41) is 16.3. The molecule has 0 fully saturated rings. The van der Waals surface area contributed by atoms with Crippen LogP contribution in [0.1, 0.15) is 31.1 Å². The molecule has 2 rings (SSSR count). The number of hydrogen-bond donors (Lipinski definition) is 2. The summed E-state index contributed by atoms with van der Waals surface area (Å²) in [6, 6.07) is 8.24. The number of ether oxygens (including phenoxy) is 3. The van der Waals surface area contributed by atoms with Gasteiger partial charge in [0.05, 0.1) is 34.4 Å². The monoisotopic (exact) mass is 513 g/mol. The van der Waals surface area contributed by atoms with Crippen molar-refractivity contribution >= 4 is 46.6 Å². The van der Waals surface area contributed by atoms with Gasteiger partial charge in [-0.25, -0.2) is 4.79 Å². The predicted molar refractivity (Wildman–Crippen MR) is 128 cm³/mol. The maximum absolute atomic E-state index is 12.8. The van der Waals surface area contributed by atoms with E-state index >= 15 is 0 Å². The van der Waals surface area contributed by atoms with Gasteiger partial charge in [0.15, 0.2) is 0 Å². The minimum atomic E-state index is -0.587. The number of amides is 2. The molecule has 2 amide bonds. The maximum Gasteiger partial charge on any atom is 0.407 e. The number of hydrogen-bond acceptors (Lipinski definition) is 7. The van der Waals surface area contributed by atoms with Gasteiger partial charge >= 0.3 is 6.09 Å². The molecule has 0 unspecified atom stereocenters. The van der Waals surface area contributed by atoms with Crippen LogP contribution < -0.4 is 15.4 Å². The number of nitrogens with one attached hydrogen (secondary N) is 2. The first-order valence-corrected chi connectivity index (χ1v) is 10.9. The van der Waals surface area contributed by atoms with Crippen molar-refractivity contribution in [2.45, 2.75) is 26.4 Å². The van der Waals surface area contributed by atoms with Gasteiger partial charge in [-0.2, -0.15) is 0 Å². The van der Waals surface area contributed by atoms with Crippen molar-refractivity contribution in [1.82, 2.24) is 5.32 Å². The van der Waals surface area contributed by atoms with Crippen molar-refractivity contribution in [2.24, 2.45) is 0 Å². The third-order valence-electron chi connectivity index (χ3n) is 4.00. The minimum Gasteiger partial charge on any atom is -0.490 e. The Balaban J connectivity index is 1.87. The number of carbonyl (C=O) groups is 2. The number of halogens is 2. The van der Waals surface area contributed by atoms with Gasteiger partial charge < -0.3 is 24.8 Å². The average Bonchev–Trinajstić information content (AvgIpc) is 2.73. The SMILES string of the molecule is CC(C)(C)OC(=O)NCCOCCOc1ccc(Cl)cc1C(=O)Nc1ccc([N+](=O)[O-])cc1Cl. The molecule has 0 spiro atoms. The van der Waals surface area contributed by atoms with Crippen molar-refractivity contribution in [2.75, 3.05) is 31.7 Å². The highest BCUT2D eigenvalue weighted by atomic mass is 35.5. The topological polar surface area (TPSA) is 129 Å². The van der Waals surface area contributed by atoms with E-state index in [2.05, 4.69) is 10.6 Å². The smallest absolute Gasteiger partial charge is 0.407 e. The fraction of sp³-hybridized carbons (Fsp3) is 0.364. The van der Waals surface area contributed by atoms with E-state index in [9.17, 15) is 19.7 Å². The molecule has 0 aliphatic heterocycles. The maximum atomic E-state index is 12.8. The van der Waals surface area contributed by atoms with Crippen molar-refractivity contribution in [3.63, 3.8) is 0 Å². The van der Waals surface area contributed by atoms with Crippen LogP contribution in [0.2, 0.25) is 10.0 Å². The van der Waals surface area contributed by atoms with E-state index in [0.29, 0.717) is 5.02 Å². The standard InChI is InChI=1S/C22H25Cl2N3O7/c1-22(2,3)34-21(29)25-8-9-32-10-11-33-19-7-4-14(23)12-16(19)20(28)26-18-6-5-15(27(30)31)13-17(18)24/h4-7,12-13H,8-11H2,1-3H3,(H,25,29)(H,26,28). The average molecular weight is 514 g/mol. The molecule has 12 heteroatoms. The predicted octanol–water partition coefficient (Wildman–Crippen LogP) is 5.07. The van der Waals surface area contributed by atoms with Gasteiger partial charge in [0.1, 0.15) is 18.0 Å². The van der Waals surface area contributed by atoms with Crippen LogP contribution in [0.5, 0.6) is 5.75 Å². The number of rotatable bonds is 10. The summed E-state index contributed by atoms with van der Waals surface area (Å²) in [6.07, 6.45) is -0.530. The third kappa shape index (κ3) is 9.05. The second kappa shape index (κ2) is 12.4. The molecule has 0 atom stereocenters. The molecule has 0 aliphatic carbocycles. The number of anilines is 1. The van der Waals surface area contributed by atoms with Gasteiger partial charge in [-0.1, -0.05) is 23.2 Å². The minimum absolute atomic E-state index is 0.0143. The van der Waals surface area contributed by atoms with E-state index in [-0.39, 0.29) is 54.1 Å². The highest BCUT2D eigenvalue weighted by Gasteiger charge is 2.17. The Morgan fingerprint density at radius 1 is 1.06 bits per heavy atom. The molecular formula is C22H25Cl2N3O7. The van der Waals surface area contributed by atoms with Crippen LogP contribution in [0.15, 0.2) is 36.4 Å². The molecule has 34 heavy (non-hydrogen) atoms. The first-order chi connectivity index (χ1) is 16.0. The Kier molecular flexibility index (Phi) is 9.91. The van der Waals surface area contributed by atoms with Crippen LogP contribution in [0.4, 0.5) is 16.2 Å². The summed E-state index contributed by atoms with van der Waals surface area (Å²) in [5.74, 6) is -0.300. The Morgan fingerprint density at radius 2 is 1.79 bits per heavy atom. The molecular weight excluding hydrogens is 489 g/mol. The first kappa shape index (κ1) is 27.2. The van der Waals surface area contributed by atoms with Gasteiger partial charge in [-0.05, 0) is 45.0 Å². The van der Waals surface area contributed by atoms with Crippen molar-refractivity contribution in [3.8, 4) is 5.75 Å². The van der Waals surface area contributed by atoms with Gasteiger partial charge in [0.2, 0.25) is 0 Å². The van der Waals surface area contributed by atoms with E-state index in [4.69, 9.17) is 37.4 Å². The summed E-state index contributed by atoms with van der Waals surface area (Å²) in [4.78, 5) is 34.6. The number of nitro benzene ring substituents is 1. The molecule has 2 aromatic carbocycles. The molecule has 0 saturated carbocycles. The van der Waals surface area contributed by atoms with Crippen LogP contribution in [0, 0.1) is 10.1 Å². The van der Waals surface area contributed by atoms with E-state index < -0.39 is 22.5 Å². The molecule has 2 aromatic rings. The van der Waals surface area contributed by atoms with E-state index in [1.54, 1.807) is 32.9 Å². The quantitative estimate of drug-likeness (QED) is 0.257. The second-order valence-corrected chi connectivity index (χ2v) is 8.75. The van der Waals surface area contributed by atoms with Crippen molar-refractivity contribution in [3.05, 3.63) is 62.1 Å². The van der Waals surface area contributed by atoms with Gasteiger partial charge in [-0.15, -0.1) is 0 Å². The van der Waals surface area contributed by atoms with Crippen LogP contribution >= 0.6 is 23.2 Å². The number of nitrogens with zero attached hydrogens (tertiary/aromatic N) is 1. The number of nitro groups is 1. The van der Waals surface area contributed by atoms with Crippen molar-refractivity contribution < 1.29 is 28.7 Å². The molecule has 10 nitrogen and oxygen atoms in total. The second-order valence-electron chi connectivity index (χ2n) is 7.91. The fourth-order valence-corrected chi connectivity index (χ4v) is 2.96. The lowest BCUT2D eigenvalue weighted by Crippen LogP contribution is -2.34. The molecule has 0 aromatic heterocycles. The van der Waals surface area contributed by atoms with Crippen LogP contribution in [-0.4, -0.2) is 48.9 Å². The number of alkyl carbamates (subject to hydrolysis) is 1. The molecule has 0 radical (unpaired) electrons. The van der Waals surface area contributed by atoms with Crippen LogP contribution in [0.3, 0.4) is 0 Å². The highest BCUT2D eigenvalue weighted by Crippen LogP contribution is 2.29. The lowest BCUT2D eigenvalue weighted by Gasteiger charge is -2.19. The first-order valence-electron chi connectivity index (χ1n) is 10.2. The summed E-state index contributed by atoms with van der Waals surface area (Å²) in [7, 11) is 0. The Labute approximate surface area is 206 Å². The summed E-state index contributed by atoms with van der Waals surface area (Å²) in [5.41, 5.74) is -0.431. The highest BCUT2D eigenvalue weighted by molar-refractivity contribution is 6.34. The molecule has 2 N–H and O–H groups in total.